The van der Waals surface area contributed by atoms with Crippen LogP contribution in [0.4, 0.5) is 17.6 Å². The predicted molar refractivity (Wildman–Crippen MR) is 89.1 cm³/mol. The highest BCUT2D eigenvalue weighted by Gasteiger charge is 2.34. The molecule has 3 rings (SSSR count). The van der Waals surface area contributed by atoms with E-state index in [1.54, 1.807) is 12.1 Å². The van der Waals surface area contributed by atoms with E-state index in [1.807, 2.05) is 0 Å². The molecule has 1 atom stereocenters. The van der Waals surface area contributed by atoms with Crippen molar-refractivity contribution >= 4 is 11.6 Å². The first-order chi connectivity index (χ1) is 11.8. The van der Waals surface area contributed by atoms with Crippen LogP contribution in [0.1, 0.15) is 54.8 Å². The van der Waals surface area contributed by atoms with Crippen molar-refractivity contribution in [1.82, 2.24) is 4.98 Å². The van der Waals surface area contributed by atoms with Gasteiger partial charge in [0.1, 0.15) is 5.82 Å². The average molecular weight is 372 g/mol. The summed E-state index contributed by atoms with van der Waals surface area (Å²) >= 11 is 5.89. The maximum atomic E-state index is 13.9. The van der Waals surface area contributed by atoms with Gasteiger partial charge in [-0.15, -0.1) is 0 Å². The standard InChI is InChI=1S/C19H18ClF4N/c20-15-6-7-17(25-11-15)18(12-4-2-1-3-5-12)13-8-14(19(22,23)24)10-16(21)9-13/h6-12,18H,1-5H2/t18-/m0/s1. The van der Waals surface area contributed by atoms with Gasteiger partial charge in [0.15, 0.2) is 0 Å². The number of benzene rings is 1. The molecule has 0 unspecified atom stereocenters. The summed E-state index contributed by atoms with van der Waals surface area (Å²) in [5.74, 6) is -1.10. The molecule has 0 saturated heterocycles. The van der Waals surface area contributed by atoms with Gasteiger partial charge in [0.05, 0.1) is 10.6 Å². The molecule has 2 aromatic rings. The number of alkyl halides is 3. The molecular formula is C19H18ClF4N. The van der Waals surface area contributed by atoms with Crippen LogP contribution < -0.4 is 0 Å². The number of nitrogens with zero attached hydrogens (tertiary/aromatic N) is 1. The quantitative estimate of drug-likeness (QED) is 0.553. The molecule has 0 bridgehead atoms. The summed E-state index contributed by atoms with van der Waals surface area (Å²) in [4.78, 5) is 4.32. The molecule has 1 aromatic heterocycles. The Morgan fingerprint density at radius 1 is 1.04 bits per heavy atom. The first-order valence-electron chi connectivity index (χ1n) is 8.34. The molecule has 0 N–H and O–H groups in total. The van der Waals surface area contributed by atoms with Crippen molar-refractivity contribution in [3.8, 4) is 0 Å². The lowest BCUT2D eigenvalue weighted by molar-refractivity contribution is -0.137. The molecule has 1 nitrogen and oxygen atoms in total. The van der Waals surface area contributed by atoms with Crippen molar-refractivity contribution in [2.45, 2.75) is 44.2 Å². The lowest BCUT2D eigenvalue weighted by atomic mass is 9.75. The Balaban J connectivity index is 2.07. The van der Waals surface area contributed by atoms with E-state index >= 15 is 0 Å². The molecule has 0 spiro atoms. The van der Waals surface area contributed by atoms with Gasteiger partial charge >= 0.3 is 6.18 Å². The van der Waals surface area contributed by atoms with Gasteiger partial charge in [-0.1, -0.05) is 30.9 Å². The van der Waals surface area contributed by atoms with Crippen LogP contribution in [-0.4, -0.2) is 4.98 Å². The van der Waals surface area contributed by atoms with Crippen LogP contribution in [0, 0.1) is 11.7 Å². The first-order valence-corrected chi connectivity index (χ1v) is 8.71. The molecule has 1 aromatic carbocycles. The number of halogens is 5. The molecule has 1 aliphatic carbocycles. The Labute approximate surface area is 149 Å². The summed E-state index contributed by atoms with van der Waals surface area (Å²) in [5.41, 5.74) is 0.00125. The maximum Gasteiger partial charge on any atom is 0.416 e. The Hall–Kier alpha value is -1.62. The van der Waals surface area contributed by atoms with Crippen LogP contribution in [0.2, 0.25) is 5.02 Å². The monoisotopic (exact) mass is 371 g/mol. The molecule has 1 aliphatic rings. The van der Waals surface area contributed by atoms with Crippen LogP contribution in [0.5, 0.6) is 0 Å². The van der Waals surface area contributed by atoms with Gasteiger partial charge in [0.2, 0.25) is 0 Å². The average Bonchev–Trinajstić information content (AvgIpc) is 2.57. The third-order valence-corrected chi connectivity index (χ3v) is 5.02. The zero-order valence-corrected chi connectivity index (χ0v) is 14.2. The summed E-state index contributed by atoms with van der Waals surface area (Å²) in [7, 11) is 0. The maximum absolute atomic E-state index is 13.9. The van der Waals surface area contributed by atoms with Crippen LogP contribution >= 0.6 is 11.6 Å². The van der Waals surface area contributed by atoms with Crippen molar-refractivity contribution in [2.75, 3.05) is 0 Å². The van der Waals surface area contributed by atoms with E-state index in [-0.39, 0.29) is 11.8 Å². The third kappa shape index (κ3) is 4.32. The fourth-order valence-electron chi connectivity index (χ4n) is 3.68. The summed E-state index contributed by atoms with van der Waals surface area (Å²) in [5, 5.41) is 0.460. The Bertz CT molecular complexity index is 721. The molecule has 0 radical (unpaired) electrons. The number of aromatic nitrogens is 1. The van der Waals surface area contributed by atoms with E-state index in [0.29, 0.717) is 22.3 Å². The van der Waals surface area contributed by atoms with Crippen molar-refractivity contribution in [3.05, 3.63) is 64.2 Å². The smallest absolute Gasteiger partial charge is 0.259 e. The largest absolute Gasteiger partial charge is 0.416 e. The molecule has 6 heteroatoms. The second-order valence-corrected chi connectivity index (χ2v) is 6.98. The van der Waals surface area contributed by atoms with Crippen molar-refractivity contribution < 1.29 is 17.6 Å². The molecule has 134 valence electrons. The highest BCUT2D eigenvalue weighted by Crippen LogP contribution is 2.41. The van der Waals surface area contributed by atoms with Gasteiger partial charge in [0, 0.05) is 17.8 Å². The zero-order chi connectivity index (χ0) is 18.0. The second-order valence-electron chi connectivity index (χ2n) is 6.55. The van der Waals surface area contributed by atoms with Gasteiger partial charge < -0.3 is 0 Å². The van der Waals surface area contributed by atoms with Crippen molar-refractivity contribution in [1.29, 1.82) is 0 Å². The summed E-state index contributed by atoms with van der Waals surface area (Å²) in [6.07, 6.45) is 1.86. The SMILES string of the molecule is Fc1cc([C@@H](c2ccc(Cl)cn2)C2CCCCC2)cc(C(F)(F)F)c1. The minimum atomic E-state index is -4.58. The summed E-state index contributed by atoms with van der Waals surface area (Å²) < 4.78 is 53.3. The lowest BCUT2D eigenvalue weighted by Gasteiger charge is -2.31. The fraction of sp³-hybridized carbons (Fsp3) is 0.421. The number of pyridine rings is 1. The Morgan fingerprint density at radius 2 is 1.76 bits per heavy atom. The predicted octanol–water partition coefficient (Wildman–Crippen LogP) is 6.61. The minimum absolute atomic E-state index is 0.144. The third-order valence-electron chi connectivity index (χ3n) is 4.80. The van der Waals surface area contributed by atoms with Crippen LogP contribution in [-0.2, 0) is 6.18 Å². The minimum Gasteiger partial charge on any atom is -0.259 e. The van der Waals surface area contributed by atoms with Gasteiger partial charge in [0.25, 0.3) is 0 Å². The van der Waals surface area contributed by atoms with Crippen molar-refractivity contribution in [3.63, 3.8) is 0 Å². The van der Waals surface area contributed by atoms with Gasteiger partial charge in [-0.25, -0.2) is 4.39 Å². The van der Waals surface area contributed by atoms with E-state index in [0.717, 1.165) is 38.2 Å². The number of hydrogen-bond donors (Lipinski definition) is 0. The Kier molecular flexibility index (Phi) is 5.32. The summed E-state index contributed by atoms with van der Waals surface area (Å²) in [6.45, 7) is 0. The van der Waals surface area contributed by atoms with E-state index in [2.05, 4.69) is 4.98 Å². The first kappa shape index (κ1) is 18.2. The van der Waals surface area contributed by atoms with Gasteiger partial charge in [-0.3, -0.25) is 4.98 Å². The second kappa shape index (κ2) is 7.32. The van der Waals surface area contributed by atoms with E-state index in [4.69, 9.17) is 11.6 Å². The normalized spacial score (nSPS) is 17.5. The molecule has 0 aliphatic heterocycles. The number of hydrogen-bond acceptors (Lipinski definition) is 1. The summed E-state index contributed by atoms with van der Waals surface area (Å²) in [6, 6.07) is 6.18. The zero-order valence-electron chi connectivity index (χ0n) is 13.5. The molecule has 1 saturated carbocycles. The van der Waals surface area contributed by atoms with E-state index in [9.17, 15) is 17.6 Å². The van der Waals surface area contributed by atoms with Gasteiger partial charge in [-0.05, 0) is 54.7 Å². The lowest BCUT2D eigenvalue weighted by Crippen LogP contribution is -2.19. The molecule has 0 amide bonds. The molecule has 1 heterocycles. The van der Waals surface area contributed by atoms with E-state index in [1.165, 1.54) is 12.3 Å². The molecule has 25 heavy (non-hydrogen) atoms. The number of rotatable bonds is 3. The Morgan fingerprint density at radius 3 is 2.36 bits per heavy atom. The van der Waals surface area contributed by atoms with Gasteiger partial charge in [-0.2, -0.15) is 13.2 Å². The molecular weight excluding hydrogens is 354 g/mol. The van der Waals surface area contributed by atoms with Crippen molar-refractivity contribution in [2.24, 2.45) is 5.92 Å². The molecule has 1 fully saturated rings. The van der Waals surface area contributed by atoms with E-state index < -0.39 is 17.6 Å². The fourth-order valence-corrected chi connectivity index (χ4v) is 3.79. The highest BCUT2D eigenvalue weighted by atomic mass is 35.5. The van der Waals surface area contributed by atoms with Crippen LogP contribution in [0.3, 0.4) is 0 Å². The highest BCUT2D eigenvalue weighted by molar-refractivity contribution is 6.30. The topological polar surface area (TPSA) is 12.9 Å². The van der Waals surface area contributed by atoms with Crippen LogP contribution in [0.25, 0.3) is 0 Å². The van der Waals surface area contributed by atoms with Crippen LogP contribution in [0.15, 0.2) is 36.5 Å².